The predicted molar refractivity (Wildman–Crippen MR) is 118 cm³/mol. The number of hydrogen-bond donors (Lipinski definition) is 2. The summed E-state index contributed by atoms with van der Waals surface area (Å²) in [5.41, 5.74) is 4.76. The topological polar surface area (TPSA) is 115 Å². The number of carbonyl (C=O) groups is 1. The maximum atomic E-state index is 12.1. The fraction of sp³-hybridized carbons (Fsp3) is 0.0909. The van der Waals surface area contributed by atoms with Crippen LogP contribution in [0.5, 0.6) is 11.5 Å². The molecule has 0 bridgehead atoms. The van der Waals surface area contributed by atoms with Gasteiger partial charge in [-0.05, 0) is 42.0 Å². The van der Waals surface area contributed by atoms with Gasteiger partial charge in [0.25, 0.3) is 11.6 Å². The summed E-state index contributed by atoms with van der Waals surface area (Å²) in [6.07, 6.45) is 1.63. The number of non-ortho nitro benzene ring substituents is 1. The molecule has 31 heavy (non-hydrogen) atoms. The lowest BCUT2D eigenvalue weighted by Gasteiger charge is -2.11. The van der Waals surface area contributed by atoms with Gasteiger partial charge in [0.1, 0.15) is 0 Å². The summed E-state index contributed by atoms with van der Waals surface area (Å²) >= 11 is 0. The molecule has 3 aromatic rings. The molecular weight excluding hydrogens is 400 g/mol. The number of methoxy groups -OCH3 is 1. The number of para-hydroxylation sites is 1. The largest absolute Gasteiger partial charge is 0.493 e. The van der Waals surface area contributed by atoms with Crippen LogP contribution in [0, 0.1) is 10.1 Å². The Morgan fingerprint density at radius 3 is 2.55 bits per heavy atom. The third kappa shape index (κ3) is 6.29. The lowest BCUT2D eigenvalue weighted by atomic mass is 10.2. The van der Waals surface area contributed by atoms with Crippen LogP contribution < -0.4 is 20.2 Å². The molecule has 0 heterocycles. The summed E-state index contributed by atoms with van der Waals surface area (Å²) in [5, 5.41) is 17.6. The van der Waals surface area contributed by atoms with Crippen LogP contribution in [0.4, 0.5) is 17.1 Å². The first-order valence-corrected chi connectivity index (χ1v) is 9.24. The van der Waals surface area contributed by atoms with Crippen LogP contribution >= 0.6 is 0 Å². The zero-order valence-electron chi connectivity index (χ0n) is 16.6. The number of benzene rings is 3. The minimum atomic E-state index is -0.531. The van der Waals surface area contributed by atoms with Crippen LogP contribution in [0.1, 0.15) is 5.56 Å². The van der Waals surface area contributed by atoms with Gasteiger partial charge in [0.2, 0.25) is 0 Å². The summed E-state index contributed by atoms with van der Waals surface area (Å²) in [6.45, 7) is -0.290. The molecule has 0 aliphatic rings. The van der Waals surface area contributed by atoms with Gasteiger partial charge in [0.15, 0.2) is 18.1 Å². The van der Waals surface area contributed by atoms with Gasteiger partial charge in [-0.15, -0.1) is 0 Å². The summed E-state index contributed by atoms with van der Waals surface area (Å²) in [5.74, 6) is 0.358. The van der Waals surface area contributed by atoms with Crippen LogP contribution in [-0.2, 0) is 4.79 Å². The van der Waals surface area contributed by atoms with Crippen molar-refractivity contribution >= 4 is 29.2 Å². The molecule has 9 nitrogen and oxygen atoms in total. The molecular formula is C22H20N4O5. The maximum Gasteiger partial charge on any atom is 0.271 e. The Kier molecular flexibility index (Phi) is 7.15. The van der Waals surface area contributed by atoms with Crippen LogP contribution in [0.15, 0.2) is 77.9 Å². The molecule has 0 spiro atoms. The molecule has 0 unspecified atom stereocenters. The zero-order chi connectivity index (χ0) is 22.1. The Morgan fingerprint density at radius 1 is 1.03 bits per heavy atom. The monoisotopic (exact) mass is 420 g/mol. The van der Waals surface area contributed by atoms with E-state index in [-0.39, 0.29) is 12.3 Å². The van der Waals surface area contributed by atoms with Crippen molar-refractivity contribution in [2.45, 2.75) is 0 Å². The Bertz CT molecular complexity index is 1090. The molecule has 0 atom stereocenters. The van der Waals surface area contributed by atoms with E-state index in [0.717, 1.165) is 11.3 Å². The van der Waals surface area contributed by atoms with Crippen molar-refractivity contribution in [3.8, 4) is 11.5 Å². The van der Waals surface area contributed by atoms with Gasteiger partial charge in [-0.25, -0.2) is 0 Å². The second kappa shape index (κ2) is 10.4. The first kappa shape index (κ1) is 21.3. The van der Waals surface area contributed by atoms with Gasteiger partial charge < -0.3 is 14.8 Å². The third-order valence-electron chi connectivity index (χ3n) is 4.07. The molecule has 3 rings (SSSR count). The van der Waals surface area contributed by atoms with E-state index in [1.807, 2.05) is 30.3 Å². The average molecular weight is 420 g/mol. The van der Waals surface area contributed by atoms with Crippen molar-refractivity contribution in [2.75, 3.05) is 24.5 Å². The number of rotatable bonds is 9. The van der Waals surface area contributed by atoms with Gasteiger partial charge in [0.05, 0.1) is 23.9 Å². The highest BCUT2D eigenvalue weighted by molar-refractivity contribution is 5.92. The number of nitro groups is 1. The molecule has 0 aromatic heterocycles. The van der Waals surface area contributed by atoms with Gasteiger partial charge >= 0.3 is 0 Å². The molecule has 0 aliphatic carbocycles. The number of amides is 1. The average Bonchev–Trinajstić information content (AvgIpc) is 2.79. The Labute approximate surface area is 178 Å². The van der Waals surface area contributed by atoms with Crippen molar-refractivity contribution in [1.82, 2.24) is 0 Å². The number of nitrogens with one attached hydrogen (secondary N) is 2. The number of nitro benzene ring substituents is 1. The molecule has 3 aromatic carbocycles. The van der Waals surface area contributed by atoms with Crippen LogP contribution in [0.2, 0.25) is 0 Å². The number of hydrazone groups is 1. The minimum Gasteiger partial charge on any atom is -0.493 e. The highest BCUT2D eigenvalue weighted by atomic mass is 16.6. The van der Waals surface area contributed by atoms with E-state index in [4.69, 9.17) is 9.47 Å². The van der Waals surface area contributed by atoms with Crippen LogP contribution in [-0.4, -0.2) is 30.8 Å². The maximum absolute atomic E-state index is 12.1. The Hall–Kier alpha value is -4.40. The van der Waals surface area contributed by atoms with Crippen molar-refractivity contribution in [3.05, 3.63) is 88.5 Å². The quantitative estimate of drug-likeness (QED) is 0.306. The Balaban J connectivity index is 1.58. The molecule has 2 N–H and O–H groups in total. The number of nitrogens with zero attached hydrogens (tertiary/aromatic N) is 2. The molecule has 1 amide bonds. The van der Waals surface area contributed by atoms with E-state index in [1.54, 1.807) is 30.5 Å². The van der Waals surface area contributed by atoms with E-state index >= 15 is 0 Å². The van der Waals surface area contributed by atoms with Crippen LogP contribution in [0.3, 0.4) is 0 Å². The van der Waals surface area contributed by atoms with E-state index in [0.29, 0.717) is 17.2 Å². The van der Waals surface area contributed by atoms with E-state index in [2.05, 4.69) is 15.8 Å². The first-order chi connectivity index (χ1) is 15.0. The molecule has 158 valence electrons. The summed E-state index contributed by atoms with van der Waals surface area (Å²) in [4.78, 5) is 22.4. The van der Waals surface area contributed by atoms with Crippen molar-refractivity contribution < 1.29 is 19.2 Å². The van der Waals surface area contributed by atoms with Gasteiger partial charge in [-0.2, -0.15) is 5.10 Å². The highest BCUT2D eigenvalue weighted by Gasteiger charge is 2.11. The summed E-state index contributed by atoms with van der Waals surface area (Å²) in [6, 6.07) is 20.4. The number of hydrogen-bond acceptors (Lipinski definition) is 7. The fourth-order valence-corrected chi connectivity index (χ4v) is 2.62. The predicted octanol–water partition coefficient (Wildman–Crippen LogP) is 4.07. The Morgan fingerprint density at radius 2 is 1.81 bits per heavy atom. The van der Waals surface area contributed by atoms with Crippen molar-refractivity contribution in [3.63, 3.8) is 0 Å². The fourth-order valence-electron chi connectivity index (χ4n) is 2.62. The molecule has 0 fully saturated rings. The van der Waals surface area contributed by atoms with Crippen molar-refractivity contribution in [1.29, 1.82) is 0 Å². The number of carbonyl (C=O) groups excluding carboxylic acids is 1. The van der Waals surface area contributed by atoms with Crippen molar-refractivity contribution in [2.24, 2.45) is 5.10 Å². The molecule has 9 heteroatoms. The molecule has 0 saturated carbocycles. The first-order valence-electron chi connectivity index (χ1n) is 9.24. The number of ether oxygens (including phenoxy) is 2. The van der Waals surface area contributed by atoms with Gasteiger partial charge in [0, 0.05) is 17.8 Å². The normalized spacial score (nSPS) is 10.5. The van der Waals surface area contributed by atoms with Gasteiger partial charge in [-0.1, -0.05) is 24.3 Å². The second-order valence-corrected chi connectivity index (χ2v) is 6.29. The van der Waals surface area contributed by atoms with Crippen LogP contribution in [0.25, 0.3) is 0 Å². The smallest absolute Gasteiger partial charge is 0.271 e. The van der Waals surface area contributed by atoms with Gasteiger partial charge in [-0.3, -0.25) is 20.3 Å². The highest BCUT2D eigenvalue weighted by Crippen LogP contribution is 2.27. The molecule has 0 saturated heterocycles. The lowest BCUT2D eigenvalue weighted by molar-refractivity contribution is -0.384. The summed E-state index contributed by atoms with van der Waals surface area (Å²) < 4.78 is 10.9. The minimum absolute atomic E-state index is 0.112. The molecule has 0 aliphatic heterocycles. The zero-order valence-corrected chi connectivity index (χ0v) is 16.6. The lowest BCUT2D eigenvalue weighted by Crippen LogP contribution is -2.20. The second-order valence-electron chi connectivity index (χ2n) is 6.29. The van der Waals surface area contributed by atoms with E-state index in [1.165, 1.54) is 25.3 Å². The number of anilines is 2. The molecule has 0 radical (unpaired) electrons. The standard InChI is InChI=1S/C22H20N4O5/c1-30-21-12-16(14-23-25-17-6-3-2-4-7-17)10-11-20(21)31-15-22(27)24-18-8-5-9-19(13-18)26(28)29/h2-14,25H,15H2,1H3,(H,24,27)/b23-14+. The third-order valence-corrected chi connectivity index (χ3v) is 4.07. The van der Waals surface area contributed by atoms with E-state index < -0.39 is 10.8 Å². The SMILES string of the molecule is COc1cc(/C=N/Nc2ccccc2)ccc1OCC(=O)Nc1cccc([N+](=O)[O-])c1. The van der Waals surface area contributed by atoms with E-state index in [9.17, 15) is 14.9 Å². The summed E-state index contributed by atoms with van der Waals surface area (Å²) in [7, 11) is 1.49.